The number of carbonyl (C=O) groups is 2. The van der Waals surface area contributed by atoms with Crippen molar-refractivity contribution in [2.45, 2.75) is 51.1 Å². The smallest absolute Gasteiger partial charge is 0.242 e. The van der Waals surface area contributed by atoms with Gasteiger partial charge in [0.1, 0.15) is 5.82 Å². The SMILES string of the molecule is COc1cc2c(c(OC)c1OC)-c1ccc(NCC(=O)N3CCCCC3c3nc4ccccc4[nH]3)c(=O)cc1[C@H](NC(C)=O)CC2. The molecule has 2 amide bonds. The zero-order valence-electron chi connectivity index (χ0n) is 26.6. The Morgan fingerprint density at radius 3 is 2.54 bits per heavy atom. The molecule has 0 saturated carbocycles. The van der Waals surface area contributed by atoms with E-state index < -0.39 is 6.04 Å². The lowest BCUT2D eigenvalue weighted by Crippen LogP contribution is -2.42. The van der Waals surface area contributed by atoms with Gasteiger partial charge in [-0.15, -0.1) is 0 Å². The highest BCUT2D eigenvalue weighted by molar-refractivity contribution is 5.85. The summed E-state index contributed by atoms with van der Waals surface area (Å²) in [5.41, 5.74) is 4.88. The van der Waals surface area contributed by atoms with Gasteiger partial charge < -0.3 is 34.7 Å². The molecule has 240 valence electrons. The minimum atomic E-state index is -0.422. The normalized spacial score (nSPS) is 17.3. The third-order valence-electron chi connectivity index (χ3n) is 8.89. The number of imidazole rings is 1. The predicted octanol–water partition coefficient (Wildman–Crippen LogP) is 4.91. The van der Waals surface area contributed by atoms with E-state index in [9.17, 15) is 14.4 Å². The minimum Gasteiger partial charge on any atom is -0.493 e. The summed E-state index contributed by atoms with van der Waals surface area (Å²) in [5.74, 6) is 1.90. The highest BCUT2D eigenvalue weighted by Gasteiger charge is 2.31. The first-order valence-electron chi connectivity index (χ1n) is 15.6. The average Bonchev–Trinajstić information content (AvgIpc) is 3.37. The number of piperidine rings is 1. The van der Waals surface area contributed by atoms with Crippen molar-refractivity contribution in [1.29, 1.82) is 0 Å². The van der Waals surface area contributed by atoms with Crippen LogP contribution in [0.3, 0.4) is 0 Å². The number of hydrogen-bond donors (Lipinski definition) is 3. The number of carbonyl (C=O) groups excluding carboxylic acids is 2. The molecule has 1 saturated heterocycles. The molecule has 1 aromatic heterocycles. The first kappa shape index (κ1) is 30.9. The van der Waals surface area contributed by atoms with Gasteiger partial charge in [0.2, 0.25) is 23.0 Å². The summed E-state index contributed by atoms with van der Waals surface area (Å²) in [6.07, 6.45) is 3.88. The number of para-hydroxylation sites is 2. The van der Waals surface area contributed by atoms with Gasteiger partial charge in [-0.05, 0) is 79.1 Å². The Bertz CT molecular complexity index is 1820. The van der Waals surface area contributed by atoms with Crippen molar-refractivity contribution in [2.24, 2.45) is 0 Å². The van der Waals surface area contributed by atoms with Crippen molar-refractivity contribution in [3.63, 3.8) is 0 Å². The Kier molecular flexibility index (Phi) is 8.83. The molecule has 2 aliphatic rings. The zero-order chi connectivity index (χ0) is 32.4. The fraction of sp³-hybridized carbons (Fsp3) is 0.371. The van der Waals surface area contributed by atoms with Crippen molar-refractivity contribution in [2.75, 3.05) is 39.7 Å². The van der Waals surface area contributed by atoms with E-state index in [4.69, 9.17) is 19.2 Å². The number of nitrogens with one attached hydrogen (secondary N) is 3. The molecule has 2 atom stereocenters. The van der Waals surface area contributed by atoms with E-state index in [0.29, 0.717) is 42.2 Å². The lowest BCUT2D eigenvalue weighted by molar-refractivity contribution is -0.133. The second kappa shape index (κ2) is 13.1. The van der Waals surface area contributed by atoms with Crippen molar-refractivity contribution >= 4 is 28.5 Å². The zero-order valence-corrected chi connectivity index (χ0v) is 26.6. The van der Waals surface area contributed by atoms with Gasteiger partial charge in [-0.2, -0.15) is 0 Å². The van der Waals surface area contributed by atoms with E-state index in [1.54, 1.807) is 33.5 Å². The van der Waals surface area contributed by atoms with E-state index >= 15 is 0 Å². The molecule has 1 unspecified atom stereocenters. The third kappa shape index (κ3) is 5.84. The second-order valence-corrected chi connectivity index (χ2v) is 11.7. The van der Waals surface area contributed by atoms with Gasteiger partial charge >= 0.3 is 0 Å². The summed E-state index contributed by atoms with van der Waals surface area (Å²) in [5, 5.41) is 6.14. The number of rotatable bonds is 8. The molecule has 0 bridgehead atoms. The Hall–Kier alpha value is -5.06. The largest absolute Gasteiger partial charge is 0.493 e. The number of ether oxygens (including phenoxy) is 3. The molecule has 3 N–H and O–H groups in total. The van der Waals surface area contributed by atoms with Crippen molar-refractivity contribution < 1.29 is 23.8 Å². The van der Waals surface area contributed by atoms with E-state index in [1.165, 1.54) is 6.92 Å². The summed E-state index contributed by atoms with van der Waals surface area (Å²) in [7, 11) is 4.68. The number of methoxy groups -OCH3 is 3. The third-order valence-corrected chi connectivity index (χ3v) is 8.89. The van der Waals surface area contributed by atoms with E-state index in [-0.39, 0.29) is 35.5 Å². The molecule has 6 rings (SSSR count). The Morgan fingerprint density at radius 2 is 1.80 bits per heavy atom. The molecule has 11 heteroatoms. The summed E-state index contributed by atoms with van der Waals surface area (Å²) in [6.45, 7) is 2.02. The van der Waals surface area contributed by atoms with Crippen LogP contribution in [0.1, 0.15) is 61.6 Å². The van der Waals surface area contributed by atoms with Crippen LogP contribution < -0.4 is 30.3 Å². The number of hydrogen-bond acceptors (Lipinski definition) is 8. The van der Waals surface area contributed by atoms with Gasteiger partial charge in [-0.25, -0.2) is 4.98 Å². The molecule has 1 fully saturated rings. The van der Waals surface area contributed by atoms with Gasteiger partial charge in [0.15, 0.2) is 11.5 Å². The number of aromatic amines is 1. The molecule has 1 aliphatic heterocycles. The summed E-state index contributed by atoms with van der Waals surface area (Å²) in [4.78, 5) is 49.6. The van der Waals surface area contributed by atoms with Crippen LogP contribution in [-0.4, -0.2) is 61.1 Å². The number of aromatic nitrogens is 2. The number of benzene rings is 2. The van der Waals surface area contributed by atoms with Crippen LogP contribution in [-0.2, 0) is 16.0 Å². The predicted molar refractivity (Wildman–Crippen MR) is 176 cm³/mol. The number of H-pyrrole nitrogens is 1. The monoisotopic (exact) mass is 625 g/mol. The molecular formula is C35H39N5O6. The van der Waals surface area contributed by atoms with E-state index in [0.717, 1.165) is 52.8 Å². The number of aryl methyl sites for hydroxylation is 1. The minimum absolute atomic E-state index is 0.0549. The highest BCUT2D eigenvalue weighted by Crippen LogP contribution is 2.50. The number of nitrogens with zero attached hydrogens (tertiary/aromatic N) is 2. The first-order valence-corrected chi connectivity index (χ1v) is 15.6. The van der Waals surface area contributed by atoms with Crippen LogP contribution >= 0.6 is 0 Å². The second-order valence-electron chi connectivity index (χ2n) is 11.7. The maximum Gasteiger partial charge on any atom is 0.242 e. The van der Waals surface area contributed by atoms with Crippen LogP contribution in [0.15, 0.2) is 53.3 Å². The van der Waals surface area contributed by atoms with Gasteiger partial charge in [-0.3, -0.25) is 14.4 Å². The average molecular weight is 626 g/mol. The van der Waals surface area contributed by atoms with Crippen LogP contribution in [0.25, 0.3) is 22.2 Å². The van der Waals surface area contributed by atoms with Crippen LogP contribution in [0.5, 0.6) is 17.2 Å². The fourth-order valence-corrected chi connectivity index (χ4v) is 6.77. The van der Waals surface area contributed by atoms with Gasteiger partial charge in [0, 0.05) is 19.0 Å². The highest BCUT2D eigenvalue weighted by atomic mass is 16.5. The fourth-order valence-electron chi connectivity index (χ4n) is 6.77. The molecule has 4 aromatic rings. The van der Waals surface area contributed by atoms with Crippen molar-refractivity contribution in [3.8, 4) is 28.4 Å². The molecule has 3 aromatic carbocycles. The van der Waals surface area contributed by atoms with E-state index in [1.807, 2.05) is 41.3 Å². The van der Waals surface area contributed by atoms with E-state index in [2.05, 4.69) is 15.6 Å². The Balaban J connectivity index is 1.34. The summed E-state index contributed by atoms with van der Waals surface area (Å²) in [6, 6.07) is 14.2. The molecular weight excluding hydrogens is 586 g/mol. The lowest BCUT2D eigenvalue weighted by atomic mass is 9.95. The van der Waals surface area contributed by atoms with Crippen LogP contribution in [0, 0.1) is 0 Å². The molecule has 46 heavy (non-hydrogen) atoms. The number of fused-ring (bicyclic) bond motifs is 4. The topological polar surface area (TPSA) is 135 Å². The molecule has 11 nitrogen and oxygen atoms in total. The van der Waals surface area contributed by atoms with Gasteiger partial charge in [0.05, 0.1) is 56.7 Å². The van der Waals surface area contributed by atoms with Gasteiger partial charge in [-0.1, -0.05) is 18.2 Å². The van der Waals surface area contributed by atoms with Crippen LogP contribution in [0.2, 0.25) is 0 Å². The Morgan fingerprint density at radius 1 is 1.00 bits per heavy atom. The molecule has 1 aliphatic carbocycles. The summed E-state index contributed by atoms with van der Waals surface area (Å²) >= 11 is 0. The quantitative estimate of drug-likeness (QED) is 0.252. The molecule has 0 radical (unpaired) electrons. The molecule has 0 spiro atoms. The first-order chi connectivity index (χ1) is 22.3. The number of likely N-dealkylation sites (tertiary alicyclic amines) is 1. The number of amides is 2. The molecule has 2 heterocycles. The van der Waals surface area contributed by atoms with Crippen molar-refractivity contribution in [3.05, 3.63) is 75.7 Å². The lowest BCUT2D eigenvalue weighted by Gasteiger charge is -2.34. The number of anilines is 1. The maximum atomic E-state index is 13.7. The Labute approximate surface area is 267 Å². The van der Waals surface area contributed by atoms with Crippen LogP contribution in [0.4, 0.5) is 5.69 Å². The standard InChI is InChI=1S/C35H39N5O6/c1-20(41)37-24-14-12-21-17-30(44-2)33(45-3)34(46-4)32(21)22-13-15-27(29(42)18-23(22)24)36-19-31(43)40-16-8-7-11-28(40)35-38-25-9-5-6-10-26(25)39-35/h5-6,9-10,13,15,17-18,24,28H,7-8,11-12,14,16,19H2,1-4H3,(H,36,42)(H,37,41)(H,38,39)/t24-,28?/m1/s1. The maximum absolute atomic E-state index is 13.7. The van der Waals surface area contributed by atoms with Crippen molar-refractivity contribution in [1.82, 2.24) is 20.2 Å². The summed E-state index contributed by atoms with van der Waals surface area (Å²) < 4.78 is 17.1. The van der Waals surface area contributed by atoms with Gasteiger partial charge in [0.25, 0.3) is 0 Å².